The molecular formula is C20H34N2O2. The van der Waals surface area contributed by atoms with E-state index in [1.54, 1.807) is 0 Å². The van der Waals surface area contributed by atoms with E-state index in [4.69, 9.17) is 0 Å². The summed E-state index contributed by atoms with van der Waals surface area (Å²) in [6, 6.07) is 0. The van der Waals surface area contributed by atoms with E-state index in [1.807, 2.05) is 11.9 Å². The van der Waals surface area contributed by atoms with E-state index >= 15 is 0 Å². The van der Waals surface area contributed by atoms with Gasteiger partial charge in [0.05, 0.1) is 0 Å². The standard InChI is InChI=1S/C20H34N2O2/c1-21-6-4-20(24,5-7-21)18(23)22(2)8-3-19-12-15-9-16(13-19)11-17(10-15)14-19/h15-17,24H,3-14H2,1-2H3. The minimum absolute atomic E-state index is 0.0414. The highest BCUT2D eigenvalue weighted by atomic mass is 16.3. The first-order valence-corrected chi connectivity index (χ1v) is 10.0. The Morgan fingerprint density at radius 3 is 2.08 bits per heavy atom. The van der Waals surface area contributed by atoms with Gasteiger partial charge in [-0.2, -0.15) is 0 Å². The second-order valence-electron chi connectivity index (χ2n) is 9.73. The third-order valence-corrected chi connectivity index (χ3v) is 7.70. The molecule has 5 rings (SSSR count). The van der Waals surface area contributed by atoms with Crippen molar-refractivity contribution in [1.29, 1.82) is 0 Å². The summed E-state index contributed by atoms with van der Waals surface area (Å²) >= 11 is 0. The highest BCUT2D eigenvalue weighted by Gasteiger charge is 2.50. The second kappa shape index (κ2) is 5.98. The Balaban J connectivity index is 1.35. The molecule has 4 aliphatic carbocycles. The monoisotopic (exact) mass is 334 g/mol. The first kappa shape index (κ1) is 16.8. The summed E-state index contributed by atoms with van der Waals surface area (Å²) in [5.74, 6) is 2.86. The zero-order chi connectivity index (χ0) is 16.9. The Morgan fingerprint density at radius 2 is 1.58 bits per heavy atom. The topological polar surface area (TPSA) is 43.8 Å². The number of amides is 1. The van der Waals surface area contributed by atoms with Crippen LogP contribution in [0.1, 0.15) is 57.8 Å². The Hall–Kier alpha value is -0.610. The molecule has 0 radical (unpaired) electrons. The largest absolute Gasteiger partial charge is 0.380 e. The molecule has 1 aliphatic heterocycles. The molecule has 1 heterocycles. The highest BCUT2D eigenvalue weighted by Crippen LogP contribution is 2.61. The average Bonchev–Trinajstić information content (AvgIpc) is 2.54. The lowest BCUT2D eigenvalue weighted by atomic mass is 9.49. The smallest absolute Gasteiger partial charge is 0.254 e. The minimum Gasteiger partial charge on any atom is -0.380 e. The Kier molecular flexibility index (Phi) is 4.20. The summed E-state index contributed by atoms with van der Waals surface area (Å²) in [6.45, 7) is 2.44. The van der Waals surface area contributed by atoms with Crippen molar-refractivity contribution in [3.8, 4) is 0 Å². The van der Waals surface area contributed by atoms with Crippen LogP contribution in [0.4, 0.5) is 0 Å². The molecule has 4 bridgehead atoms. The van der Waals surface area contributed by atoms with Gasteiger partial charge in [0.25, 0.3) is 5.91 Å². The lowest BCUT2D eigenvalue weighted by Gasteiger charge is -2.57. The van der Waals surface area contributed by atoms with Crippen LogP contribution in [0.15, 0.2) is 0 Å². The number of hydrogen-bond donors (Lipinski definition) is 1. The van der Waals surface area contributed by atoms with E-state index in [1.165, 1.54) is 38.5 Å². The number of carbonyl (C=O) groups is 1. The minimum atomic E-state index is -1.12. The maximum absolute atomic E-state index is 12.8. The fourth-order valence-corrected chi connectivity index (χ4v) is 6.66. The number of piperidine rings is 1. The van der Waals surface area contributed by atoms with Gasteiger partial charge < -0.3 is 14.9 Å². The number of nitrogens with zero attached hydrogens (tertiary/aromatic N) is 2. The molecule has 1 saturated heterocycles. The zero-order valence-corrected chi connectivity index (χ0v) is 15.5. The van der Waals surface area contributed by atoms with Crippen molar-refractivity contribution >= 4 is 5.91 Å². The predicted molar refractivity (Wildman–Crippen MR) is 94.5 cm³/mol. The van der Waals surface area contributed by atoms with E-state index in [-0.39, 0.29) is 5.91 Å². The quantitative estimate of drug-likeness (QED) is 0.859. The number of carbonyl (C=O) groups excluding carboxylic acids is 1. The molecule has 1 amide bonds. The molecule has 5 aliphatic rings. The lowest BCUT2D eigenvalue weighted by Crippen LogP contribution is -2.54. The number of aliphatic hydroxyl groups is 1. The van der Waals surface area contributed by atoms with E-state index in [0.717, 1.165) is 43.8 Å². The molecule has 0 aromatic carbocycles. The van der Waals surface area contributed by atoms with Gasteiger partial charge in [0.15, 0.2) is 0 Å². The Bertz CT molecular complexity index is 461. The fourth-order valence-electron chi connectivity index (χ4n) is 6.66. The van der Waals surface area contributed by atoms with Gasteiger partial charge in [-0.25, -0.2) is 0 Å². The molecule has 1 N–H and O–H groups in total. The fraction of sp³-hybridized carbons (Fsp3) is 0.950. The number of hydrogen-bond acceptors (Lipinski definition) is 3. The van der Waals surface area contributed by atoms with Crippen LogP contribution in [0, 0.1) is 23.2 Å². The molecular weight excluding hydrogens is 300 g/mol. The normalized spacial score (nSPS) is 40.7. The van der Waals surface area contributed by atoms with Gasteiger partial charge in [0.1, 0.15) is 5.60 Å². The summed E-state index contributed by atoms with van der Waals surface area (Å²) in [5, 5.41) is 10.8. The van der Waals surface area contributed by atoms with Crippen molar-refractivity contribution in [2.24, 2.45) is 23.2 Å². The summed E-state index contributed by atoms with van der Waals surface area (Å²) in [6.07, 6.45) is 10.9. The lowest BCUT2D eigenvalue weighted by molar-refractivity contribution is -0.155. The van der Waals surface area contributed by atoms with Crippen LogP contribution in [-0.4, -0.2) is 60.1 Å². The van der Waals surface area contributed by atoms with E-state index in [9.17, 15) is 9.90 Å². The van der Waals surface area contributed by atoms with Gasteiger partial charge in [-0.3, -0.25) is 4.79 Å². The molecule has 4 heteroatoms. The second-order valence-corrected chi connectivity index (χ2v) is 9.73. The predicted octanol–water partition coefficient (Wildman–Crippen LogP) is 2.51. The first-order chi connectivity index (χ1) is 11.4. The molecule has 0 aromatic rings. The van der Waals surface area contributed by atoms with Crippen molar-refractivity contribution in [3.63, 3.8) is 0 Å². The number of likely N-dealkylation sites (tertiary alicyclic amines) is 1. The van der Waals surface area contributed by atoms with Crippen molar-refractivity contribution in [2.45, 2.75) is 63.4 Å². The van der Waals surface area contributed by atoms with Crippen LogP contribution >= 0.6 is 0 Å². The molecule has 4 saturated carbocycles. The molecule has 0 atom stereocenters. The molecule has 0 aromatic heterocycles. The van der Waals surface area contributed by atoms with Crippen LogP contribution in [0.25, 0.3) is 0 Å². The van der Waals surface area contributed by atoms with Gasteiger partial charge in [-0.15, -0.1) is 0 Å². The number of rotatable bonds is 4. The van der Waals surface area contributed by atoms with Gasteiger partial charge >= 0.3 is 0 Å². The van der Waals surface area contributed by atoms with Gasteiger partial charge in [0, 0.05) is 26.7 Å². The summed E-state index contributed by atoms with van der Waals surface area (Å²) < 4.78 is 0. The van der Waals surface area contributed by atoms with E-state index < -0.39 is 5.60 Å². The molecule has 0 unspecified atom stereocenters. The summed E-state index contributed by atoms with van der Waals surface area (Å²) in [5.41, 5.74) is -0.610. The van der Waals surface area contributed by atoms with Gasteiger partial charge in [0.2, 0.25) is 0 Å². The van der Waals surface area contributed by atoms with Gasteiger partial charge in [-0.05, 0) is 88.0 Å². The third kappa shape index (κ3) is 3.01. The van der Waals surface area contributed by atoms with Crippen molar-refractivity contribution in [2.75, 3.05) is 33.7 Å². The van der Waals surface area contributed by atoms with Gasteiger partial charge in [-0.1, -0.05) is 0 Å². The third-order valence-electron chi connectivity index (χ3n) is 7.70. The Labute approximate surface area is 146 Å². The van der Waals surface area contributed by atoms with Crippen LogP contribution in [0.2, 0.25) is 0 Å². The van der Waals surface area contributed by atoms with E-state index in [2.05, 4.69) is 11.9 Å². The molecule has 0 spiro atoms. The maximum atomic E-state index is 12.8. The first-order valence-electron chi connectivity index (χ1n) is 10.0. The summed E-state index contributed by atoms with van der Waals surface area (Å²) in [4.78, 5) is 16.8. The van der Waals surface area contributed by atoms with Crippen LogP contribution in [0.5, 0.6) is 0 Å². The molecule has 4 nitrogen and oxygen atoms in total. The number of likely N-dealkylation sites (N-methyl/N-ethyl adjacent to an activating group) is 1. The summed E-state index contributed by atoms with van der Waals surface area (Å²) in [7, 11) is 3.96. The SMILES string of the molecule is CN1CCC(O)(C(=O)N(C)CCC23CC4CC(CC(C4)C2)C3)CC1. The van der Waals surface area contributed by atoms with Crippen LogP contribution in [0.3, 0.4) is 0 Å². The van der Waals surface area contributed by atoms with E-state index in [0.29, 0.717) is 18.3 Å². The molecule has 24 heavy (non-hydrogen) atoms. The van der Waals surface area contributed by atoms with Crippen LogP contribution in [-0.2, 0) is 4.79 Å². The van der Waals surface area contributed by atoms with Crippen molar-refractivity contribution in [1.82, 2.24) is 9.80 Å². The molecule has 5 fully saturated rings. The van der Waals surface area contributed by atoms with Crippen molar-refractivity contribution in [3.05, 3.63) is 0 Å². The molecule has 136 valence electrons. The van der Waals surface area contributed by atoms with Crippen molar-refractivity contribution < 1.29 is 9.90 Å². The van der Waals surface area contributed by atoms with Crippen LogP contribution < -0.4 is 0 Å². The maximum Gasteiger partial charge on any atom is 0.254 e. The highest BCUT2D eigenvalue weighted by molar-refractivity contribution is 5.84. The average molecular weight is 335 g/mol. The Morgan fingerprint density at radius 1 is 1.08 bits per heavy atom. The zero-order valence-electron chi connectivity index (χ0n) is 15.5.